The molecule has 4 aromatic rings. The lowest BCUT2D eigenvalue weighted by Crippen LogP contribution is -1.98. The van der Waals surface area contributed by atoms with Crippen LogP contribution in [0.3, 0.4) is 0 Å². The van der Waals surface area contributed by atoms with Crippen molar-refractivity contribution >= 4 is 11.3 Å². The summed E-state index contributed by atoms with van der Waals surface area (Å²) in [5.41, 5.74) is 10.2. The zero-order valence-corrected chi connectivity index (χ0v) is 12.5. The minimum atomic E-state index is 0.680. The number of aromatic nitrogens is 4. The molecule has 0 radical (unpaired) electrons. The lowest BCUT2D eigenvalue weighted by molar-refractivity contribution is 0.413. The van der Waals surface area contributed by atoms with E-state index >= 15 is 0 Å². The molecule has 3 heterocycles. The van der Waals surface area contributed by atoms with Crippen LogP contribution >= 0.6 is 0 Å². The predicted octanol–water partition coefficient (Wildman–Crippen LogP) is 2.78. The maximum atomic E-state index is 5.93. The van der Waals surface area contributed by atoms with Crippen molar-refractivity contribution in [1.82, 2.24) is 19.2 Å². The van der Waals surface area contributed by atoms with Crippen molar-refractivity contribution in [2.45, 2.75) is 0 Å². The first-order valence-electron chi connectivity index (χ1n) is 7.17. The van der Waals surface area contributed by atoms with Crippen LogP contribution in [0.4, 0.5) is 5.69 Å². The van der Waals surface area contributed by atoms with Gasteiger partial charge in [-0.2, -0.15) is 5.10 Å². The van der Waals surface area contributed by atoms with E-state index in [1.165, 1.54) is 0 Å². The topological polar surface area (TPSA) is 70.4 Å². The highest BCUT2D eigenvalue weighted by Crippen LogP contribution is 2.28. The second-order valence-electron chi connectivity index (χ2n) is 5.17. The second-order valence-corrected chi connectivity index (χ2v) is 5.17. The number of benzene rings is 1. The van der Waals surface area contributed by atoms with Crippen LogP contribution in [0, 0.1) is 0 Å². The Morgan fingerprint density at radius 1 is 1.13 bits per heavy atom. The van der Waals surface area contributed by atoms with Gasteiger partial charge < -0.3 is 10.5 Å². The van der Waals surface area contributed by atoms with Crippen LogP contribution in [-0.4, -0.2) is 26.3 Å². The lowest BCUT2D eigenvalue weighted by Gasteiger charge is -2.10. The van der Waals surface area contributed by atoms with E-state index in [9.17, 15) is 0 Å². The fraction of sp³-hybridized carbons (Fsp3) is 0.0588. The number of methoxy groups -OCH3 is 1. The molecule has 1 aromatic carbocycles. The molecule has 0 aliphatic rings. The first kappa shape index (κ1) is 13.4. The van der Waals surface area contributed by atoms with Gasteiger partial charge in [-0.05, 0) is 30.3 Å². The lowest BCUT2D eigenvalue weighted by atomic mass is 10.2. The van der Waals surface area contributed by atoms with Crippen LogP contribution in [0.15, 0.2) is 61.2 Å². The molecule has 23 heavy (non-hydrogen) atoms. The van der Waals surface area contributed by atoms with Gasteiger partial charge in [-0.1, -0.05) is 0 Å². The maximum Gasteiger partial charge on any atom is 0.143 e. The average molecular weight is 305 g/mol. The number of fused-ring (bicyclic) bond motifs is 1. The molecule has 6 heteroatoms. The minimum Gasteiger partial charge on any atom is -0.495 e. The third-order valence-corrected chi connectivity index (χ3v) is 3.74. The van der Waals surface area contributed by atoms with E-state index in [2.05, 4.69) is 10.1 Å². The summed E-state index contributed by atoms with van der Waals surface area (Å²) in [5, 5.41) is 4.59. The van der Waals surface area contributed by atoms with Gasteiger partial charge in [0.1, 0.15) is 11.4 Å². The molecule has 0 bridgehead atoms. The van der Waals surface area contributed by atoms with E-state index in [1.807, 2.05) is 57.9 Å². The van der Waals surface area contributed by atoms with Crippen LogP contribution in [0.5, 0.6) is 5.75 Å². The van der Waals surface area contributed by atoms with Gasteiger partial charge in [0, 0.05) is 42.1 Å². The van der Waals surface area contributed by atoms with Crippen molar-refractivity contribution in [3.63, 3.8) is 0 Å². The zero-order chi connectivity index (χ0) is 15.8. The van der Waals surface area contributed by atoms with E-state index in [1.54, 1.807) is 19.5 Å². The Balaban J connectivity index is 1.89. The summed E-state index contributed by atoms with van der Waals surface area (Å²) in [5.74, 6) is 0.751. The Morgan fingerprint density at radius 2 is 2.04 bits per heavy atom. The number of rotatable bonds is 3. The van der Waals surface area contributed by atoms with E-state index in [0.717, 1.165) is 28.3 Å². The summed E-state index contributed by atoms with van der Waals surface area (Å²) < 4.78 is 9.27. The number of anilines is 1. The standard InChI is InChI=1S/C17H15N5O/c1-23-16-5-4-13(18)9-15(16)21-7-8-22-17(21)10-14(20-22)12-3-2-6-19-11-12/h2-11H,18H2,1H3. The highest BCUT2D eigenvalue weighted by atomic mass is 16.5. The Hall–Kier alpha value is -3.28. The molecule has 0 atom stereocenters. The fourth-order valence-corrected chi connectivity index (χ4v) is 2.63. The van der Waals surface area contributed by atoms with Crippen molar-refractivity contribution < 1.29 is 4.74 Å². The Bertz CT molecular complexity index is 971. The van der Waals surface area contributed by atoms with Gasteiger partial charge in [0.2, 0.25) is 0 Å². The normalized spacial score (nSPS) is 11.0. The van der Waals surface area contributed by atoms with Gasteiger partial charge in [-0.15, -0.1) is 0 Å². The number of nitrogens with two attached hydrogens (primary N) is 1. The molecule has 114 valence electrons. The first-order valence-corrected chi connectivity index (χ1v) is 7.17. The number of hydrogen-bond donors (Lipinski definition) is 1. The van der Waals surface area contributed by atoms with Crippen molar-refractivity contribution in [3.8, 4) is 22.7 Å². The van der Waals surface area contributed by atoms with Crippen LogP contribution in [0.1, 0.15) is 0 Å². The fourth-order valence-electron chi connectivity index (χ4n) is 2.63. The predicted molar refractivity (Wildman–Crippen MR) is 88.7 cm³/mol. The first-order chi connectivity index (χ1) is 11.3. The minimum absolute atomic E-state index is 0.680. The number of nitrogen functional groups attached to an aromatic ring is 1. The van der Waals surface area contributed by atoms with Crippen molar-refractivity contribution in [2.24, 2.45) is 0 Å². The molecule has 4 rings (SSSR count). The molecule has 0 saturated heterocycles. The number of pyridine rings is 1. The van der Waals surface area contributed by atoms with Crippen LogP contribution < -0.4 is 10.5 Å². The molecule has 6 nitrogen and oxygen atoms in total. The molecule has 0 spiro atoms. The molecule has 0 aliphatic heterocycles. The molecule has 0 unspecified atom stereocenters. The molecular formula is C17H15N5O. The number of hydrogen-bond acceptors (Lipinski definition) is 4. The largest absolute Gasteiger partial charge is 0.495 e. The Kier molecular flexibility index (Phi) is 3.01. The summed E-state index contributed by atoms with van der Waals surface area (Å²) in [6.45, 7) is 0. The monoisotopic (exact) mass is 305 g/mol. The number of nitrogens with zero attached hydrogens (tertiary/aromatic N) is 4. The Morgan fingerprint density at radius 3 is 2.83 bits per heavy atom. The quantitative estimate of drug-likeness (QED) is 0.591. The summed E-state index contributed by atoms with van der Waals surface area (Å²) in [6, 6.07) is 11.5. The van der Waals surface area contributed by atoms with Gasteiger partial charge in [0.25, 0.3) is 0 Å². The molecule has 2 N–H and O–H groups in total. The maximum absolute atomic E-state index is 5.93. The average Bonchev–Trinajstić information content (AvgIpc) is 3.16. The van der Waals surface area contributed by atoms with Crippen molar-refractivity contribution in [3.05, 3.63) is 61.2 Å². The summed E-state index contributed by atoms with van der Waals surface area (Å²) in [4.78, 5) is 4.14. The summed E-state index contributed by atoms with van der Waals surface area (Å²) in [7, 11) is 1.65. The molecular weight excluding hydrogens is 290 g/mol. The molecule has 0 aliphatic carbocycles. The number of imidazole rings is 1. The van der Waals surface area contributed by atoms with E-state index in [-0.39, 0.29) is 0 Å². The number of ether oxygens (including phenoxy) is 1. The van der Waals surface area contributed by atoms with Crippen LogP contribution in [0.2, 0.25) is 0 Å². The van der Waals surface area contributed by atoms with E-state index in [4.69, 9.17) is 10.5 Å². The summed E-state index contributed by atoms with van der Waals surface area (Å²) in [6.07, 6.45) is 7.38. The third kappa shape index (κ3) is 2.20. The zero-order valence-electron chi connectivity index (χ0n) is 12.5. The van der Waals surface area contributed by atoms with Crippen LogP contribution in [0.25, 0.3) is 22.6 Å². The molecule has 0 amide bonds. The molecule has 0 fully saturated rings. The van der Waals surface area contributed by atoms with Gasteiger partial charge >= 0.3 is 0 Å². The van der Waals surface area contributed by atoms with Gasteiger partial charge in [0.15, 0.2) is 0 Å². The Labute approximate surface area is 132 Å². The smallest absolute Gasteiger partial charge is 0.143 e. The van der Waals surface area contributed by atoms with Gasteiger partial charge in [-0.25, -0.2) is 4.52 Å². The van der Waals surface area contributed by atoms with E-state index in [0.29, 0.717) is 5.69 Å². The molecule has 3 aromatic heterocycles. The van der Waals surface area contributed by atoms with Crippen molar-refractivity contribution in [1.29, 1.82) is 0 Å². The van der Waals surface area contributed by atoms with Gasteiger partial charge in [0.05, 0.1) is 18.5 Å². The van der Waals surface area contributed by atoms with Crippen molar-refractivity contribution in [2.75, 3.05) is 12.8 Å². The summed E-state index contributed by atoms with van der Waals surface area (Å²) >= 11 is 0. The van der Waals surface area contributed by atoms with Gasteiger partial charge in [-0.3, -0.25) is 9.55 Å². The highest BCUT2D eigenvalue weighted by molar-refractivity contribution is 5.67. The van der Waals surface area contributed by atoms with E-state index < -0.39 is 0 Å². The third-order valence-electron chi connectivity index (χ3n) is 3.74. The van der Waals surface area contributed by atoms with Crippen LogP contribution in [-0.2, 0) is 0 Å². The highest BCUT2D eigenvalue weighted by Gasteiger charge is 2.12. The SMILES string of the molecule is COc1ccc(N)cc1-n1ccn2nc(-c3cccnc3)cc12. The second kappa shape index (κ2) is 5.17. The molecule has 0 saturated carbocycles.